The highest BCUT2D eigenvalue weighted by molar-refractivity contribution is 5.41. The van der Waals surface area contributed by atoms with Crippen molar-refractivity contribution in [3.05, 3.63) is 53.1 Å². The molecule has 3 rings (SSSR count). The van der Waals surface area contributed by atoms with E-state index in [2.05, 4.69) is 0 Å². The van der Waals surface area contributed by atoms with Gasteiger partial charge in [-0.15, -0.1) is 0 Å². The van der Waals surface area contributed by atoms with E-state index in [9.17, 15) is 13.2 Å². The monoisotopic (exact) mass is 266 g/mol. The molecule has 0 saturated heterocycles. The maximum atomic E-state index is 13.3. The molecule has 1 heterocycles. The molecule has 0 spiro atoms. The third kappa shape index (κ3) is 1.94. The maximum Gasteiger partial charge on any atom is 0.194 e. The molecule has 1 atom stereocenters. The zero-order chi connectivity index (χ0) is 13.6. The van der Waals surface area contributed by atoms with E-state index in [1.165, 1.54) is 0 Å². The summed E-state index contributed by atoms with van der Waals surface area (Å²) in [6.07, 6.45) is 4.37. The summed E-state index contributed by atoms with van der Waals surface area (Å²) in [6, 6.07) is 3.82. The van der Waals surface area contributed by atoms with Gasteiger partial charge in [-0.2, -0.15) is 0 Å². The predicted molar refractivity (Wildman–Crippen MR) is 65.5 cm³/mol. The molecule has 1 aliphatic carbocycles. The van der Waals surface area contributed by atoms with E-state index in [0.717, 1.165) is 42.7 Å². The maximum absolute atomic E-state index is 13.3. The van der Waals surface area contributed by atoms with Gasteiger partial charge in [-0.3, -0.25) is 0 Å². The van der Waals surface area contributed by atoms with Crippen molar-refractivity contribution in [2.75, 3.05) is 0 Å². The number of nitrogens with two attached hydrogens (primary N) is 1. The molecule has 0 fully saturated rings. The van der Waals surface area contributed by atoms with Crippen molar-refractivity contribution < 1.29 is 13.2 Å². The van der Waals surface area contributed by atoms with Crippen LogP contribution in [0.3, 0.4) is 0 Å². The largest absolute Gasteiger partial charge is 0.324 e. The molecule has 0 amide bonds. The van der Waals surface area contributed by atoms with Crippen LogP contribution in [0.25, 0.3) is 5.69 Å². The average Bonchev–Trinajstić information content (AvgIpc) is 2.80. The smallest absolute Gasteiger partial charge is 0.194 e. The van der Waals surface area contributed by atoms with Gasteiger partial charge in [0, 0.05) is 30.1 Å². The fourth-order valence-corrected chi connectivity index (χ4v) is 2.65. The first-order chi connectivity index (χ1) is 9.08. The first-order valence-corrected chi connectivity index (χ1v) is 6.18. The Labute approximate surface area is 108 Å². The van der Waals surface area contributed by atoms with Gasteiger partial charge in [0.2, 0.25) is 0 Å². The van der Waals surface area contributed by atoms with Gasteiger partial charge < -0.3 is 10.3 Å². The highest BCUT2D eigenvalue weighted by Crippen LogP contribution is 2.31. The number of nitrogens with zero attached hydrogens (tertiary/aromatic N) is 1. The Balaban J connectivity index is 2.13. The van der Waals surface area contributed by atoms with Crippen molar-refractivity contribution in [2.24, 2.45) is 5.73 Å². The first-order valence-electron chi connectivity index (χ1n) is 6.18. The van der Waals surface area contributed by atoms with Gasteiger partial charge in [0.05, 0.1) is 5.69 Å². The van der Waals surface area contributed by atoms with Gasteiger partial charge in [-0.25, -0.2) is 13.2 Å². The number of hydrogen-bond donors (Lipinski definition) is 1. The highest BCUT2D eigenvalue weighted by atomic mass is 19.2. The summed E-state index contributed by atoms with van der Waals surface area (Å²) in [5, 5.41) is 0. The van der Waals surface area contributed by atoms with Crippen molar-refractivity contribution in [2.45, 2.75) is 25.3 Å². The Hall–Kier alpha value is -1.75. The Morgan fingerprint density at radius 3 is 2.53 bits per heavy atom. The van der Waals surface area contributed by atoms with E-state index in [-0.39, 0.29) is 11.7 Å². The summed E-state index contributed by atoms with van der Waals surface area (Å²) in [6.45, 7) is 0. The Morgan fingerprint density at radius 2 is 1.84 bits per heavy atom. The van der Waals surface area contributed by atoms with Gasteiger partial charge >= 0.3 is 0 Å². The zero-order valence-corrected chi connectivity index (χ0v) is 10.2. The molecule has 0 radical (unpaired) electrons. The summed E-state index contributed by atoms with van der Waals surface area (Å²) >= 11 is 0. The lowest BCUT2D eigenvalue weighted by Crippen LogP contribution is -2.18. The number of fused-ring (bicyclic) bond motifs is 1. The number of halogens is 3. The second-order valence-corrected chi connectivity index (χ2v) is 4.81. The molecule has 1 unspecified atom stereocenters. The molecule has 2 nitrogen and oxygen atoms in total. The lowest BCUT2D eigenvalue weighted by molar-refractivity contribution is 0.446. The van der Waals surface area contributed by atoms with Crippen molar-refractivity contribution in [1.82, 2.24) is 4.57 Å². The van der Waals surface area contributed by atoms with Crippen LogP contribution in [0.1, 0.15) is 30.1 Å². The van der Waals surface area contributed by atoms with Crippen LogP contribution in [-0.2, 0) is 6.42 Å². The SMILES string of the molecule is NC1CCCc2c1ccn2-c1cc(F)c(F)c(F)c1. The van der Waals surface area contributed by atoms with Crippen LogP contribution in [0.15, 0.2) is 24.4 Å². The topological polar surface area (TPSA) is 30.9 Å². The van der Waals surface area contributed by atoms with Gasteiger partial charge in [0.15, 0.2) is 17.5 Å². The molecule has 0 saturated carbocycles. The Morgan fingerprint density at radius 1 is 1.16 bits per heavy atom. The van der Waals surface area contributed by atoms with Gasteiger partial charge in [-0.05, 0) is 30.9 Å². The average molecular weight is 266 g/mol. The Bertz CT molecular complexity index is 611. The Kier molecular flexibility index (Phi) is 2.86. The molecular formula is C14H13F3N2. The molecule has 5 heteroatoms. The lowest BCUT2D eigenvalue weighted by atomic mass is 9.93. The molecular weight excluding hydrogens is 253 g/mol. The quantitative estimate of drug-likeness (QED) is 0.789. The molecule has 0 aliphatic heterocycles. The van der Waals surface area contributed by atoms with E-state index < -0.39 is 17.5 Å². The standard InChI is InChI=1S/C14H13F3N2/c15-10-6-8(7-11(16)14(10)17)19-5-4-9-12(18)2-1-3-13(9)19/h4-7,12H,1-3,18H2. The number of hydrogen-bond acceptors (Lipinski definition) is 1. The number of aromatic nitrogens is 1. The molecule has 19 heavy (non-hydrogen) atoms. The molecule has 2 aromatic rings. The van der Waals surface area contributed by atoms with Crippen LogP contribution >= 0.6 is 0 Å². The second kappa shape index (κ2) is 4.42. The van der Waals surface area contributed by atoms with Crippen LogP contribution in [0.4, 0.5) is 13.2 Å². The van der Waals surface area contributed by atoms with E-state index >= 15 is 0 Å². The minimum Gasteiger partial charge on any atom is -0.324 e. The van der Waals surface area contributed by atoms with Gasteiger partial charge in [-0.1, -0.05) is 0 Å². The molecule has 1 aromatic carbocycles. The molecule has 1 aliphatic rings. The first kappa shape index (κ1) is 12.3. The van der Waals surface area contributed by atoms with E-state index in [1.54, 1.807) is 10.8 Å². The van der Waals surface area contributed by atoms with Crippen molar-refractivity contribution in [1.29, 1.82) is 0 Å². The lowest BCUT2D eigenvalue weighted by Gasteiger charge is -2.21. The van der Waals surface area contributed by atoms with E-state index in [4.69, 9.17) is 5.73 Å². The van der Waals surface area contributed by atoms with Crippen molar-refractivity contribution in [3.8, 4) is 5.69 Å². The van der Waals surface area contributed by atoms with Crippen LogP contribution in [-0.4, -0.2) is 4.57 Å². The summed E-state index contributed by atoms with van der Waals surface area (Å²) in [4.78, 5) is 0. The molecule has 0 bridgehead atoms. The van der Waals surface area contributed by atoms with Gasteiger partial charge in [0.1, 0.15) is 0 Å². The van der Waals surface area contributed by atoms with Crippen molar-refractivity contribution >= 4 is 0 Å². The second-order valence-electron chi connectivity index (χ2n) is 4.81. The normalized spacial score (nSPS) is 18.4. The third-order valence-electron chi connectivity index (χ3n) is 3.60. The summed E-state index contributed by atoms with van der Waals surface area (Å²) in [5.74, 6) is -3.81. The molecule has 1 aromatic heterocycles. The van der Waals surface area contributed by atoms with Crippen LogP contribution in [0, 0.1) is 17.5 Å². The molecule has 100 valence electrons. The third-order valence-corrected chi connectivity index (χ3v) is 3.60. The number of rotatable bonds is 1. The minimum absolute atomic E-state index is 0.0415. The summed E-state index contributed by atoms with van der Waals surface area (Å²) < 4.78 is 41.2. The zero-order valence-electron chi connectivity index (χ0n) is 10.2. The van der Waals surface area contributed by atoms with Gasteiger partial charge in [0.25, 0.3) is 0 Å². The highest BCUT2D eigenvalue weighted by Gasteiger charge is 2.21. The fourth-order valence-electron chi connectivity index (χ4n) is 2.65. The van der Waals surface area contributed by atoms with Crippen LogP contribution in [0.2, 0.25) is 0 Å². The van der Waals surface area contributed by atoms with Crippen LogP contribution in [0.5, 0.6) is 0 Å². The molecule has 2 N–H and O–H groups in total. The van der Waals surface area contributed by atoms with E-state index in [0.29, 0.717) is 0 Å². The van der Waals surface area contributed by atoms with Crippen LogP contribution < -0.4 is 5.73 Å². The van der Waals surface area contributed by atoms with E-state index in [1.807, 2.05) is 6.07 Å². The predicted octanol–water partition coefficient (Wildman–Crippen LogP) is 3.23. The number of benzene rings is 1. The summed E-state index contributed by atoms with van der Waals surface area (Å²) in [5.41, 5.74) is 8.23. The minimum atomic E-state index is -1.44. The summed E-state index contributed by atoms with van der Waals surface area (Å²) in [7, 11) is 0. The van der Waals surface area contributed by atoms with Crippen molar-refractivity contribution in [3.63, 3.8) is 0 Å². The fraction of sp³-hybridized carbons (Fsp3) is 0.286.